The van der Waals surface area contributed by atoms with Crippen LogP contribution in [0.15, 0.2) is 72.8 Å². The number of aliphatic carboxylic acids is 1. The lowest BCUT2D eigenvalue weighted by molar-refractivity contribution is -0.322. The number of rotatable bonds is 9. The number of ether oxygens (including phenoxy) is 3. The molecule has 0 aliphatic carbocycles. The van der Waals surface area contributed by atoms with Crippen molar-refractivity contribution in [2.24, 2.45) is 0 Å². The minimum Gasteiger partial charge on any atom is -0.545 e. The molecular formula is C28H30ClO5-. The van der Waals surface area contributed by atoms with Crippen LogP contribution in [0.25, 0.3) is 0 Å². The summed E-state index contributed by atoms with van der Waals surface area (Å²) in [4.78, 5) is 12.1. The third-order valence-electron chi connectivity index (χ3n) is 5.47. The van der Waals surface area contributed by atoms with Crippen LogP contribution in [0.2, 0.25) is 5.02 Å². The number of carbonyl (C=O) groups is 1. The van der Waals surface area contributed by atoms with E-state index in [1.165, 1.54) is 6.92 Å². The van der Waals surface area contributed by atoms with Crippen molar-refractivity contribution in [3.8, 4) is 17.2 Å². The molecule has 0 spiro atoms. The fourth-order valence-corrected chi connectivity index (χ4v) is 3.47. The Morgan fingerprint density at radius 1 is 0.824 bits per heavy atom. The Balaban J connectivity index is 1.66. The maximum atomic E-state index is 12.1. The minimum absolute atomic E-state index is 0.0109. The van der Waals surface area contributed by atoms with Crippen LogP contribution < -0.4 is 19.3 Å². The van der Waals surface area contributed by atoms with Gasteiger partial charge in [0.1, 0.15) is 30.0 Å². The highest BCUT2D eigenvalue weighted by molar-refractivity contribution is 6.30. The van der Waals surface area contributed by atoms with Crippen molar-refractivity contribution in [2.75, 3.05) is 6.61 Å². The van der Waals surface area contributed by atoms with Gasteiger partial charge in [0.15, 0.2) is 5.60 Å². The number of carboxylic acid groups (broad SMARTS) is 1. The molecule has 0 bridgehead atoms. The second-order valence-corrected chi connectivity index (χ2v) is 9.85. The topological polar surface area (TPSA) is 67.8 Å². The third kappa shape index (κ3) is 6.45. The van der Waals surface area contributed by atoms with Gasteiger partial charge in [-0.15, -0.1) is 0 Å². The molecule has 34 heavy (non-hydrogen) atoms. The van der Waals surface area contributed by atoms with Crippen molar-refractivity contribution >= 4 is 17.6 Å². The lowest BCUT2D eigenvalue weighted by atomic mass is 9.87. The molecule has 0 aromatic heterocycles. The molecule has 3 aromatic rings. The molecule has 6 heteroatoms. The van der Waals surface area contributed by atoms with Crippen LogP contribution in [0.1, 0.15) is 45.7 Å². The van der Waals surface area contributed by atoms with Crippen molar-refractivity contribution in [1.82, 2.24) is 0 Å². The van der Waals surface area contributed by atoms with Crippen LogP contribution in [0.4, 0.5) is 0 Å². The van der Waals surface area contributed by atoms with E-state index in [1.807, 2.05) is 19.1 Å². The van der Waals surface area contributed by atoms with Crippen LogP contribution in [0, 0.1) is 0 Å². The fraction of sp³-hybridized carbons (Fsp3) is 0.321. The predicted molar refractivity (Wildman–Crippen MR) is 132 cm³/mol. The summed E-state index contributed by atoms with van der Waals surface area (Å²) in [6, 6.07) is 21.3. The number of carboxylic acids is 1. The van der Waals surface area contributed by atoms with Crippen LogP contribution >= 0.6 is 11.6 Å². The van der Waals surface area contributed by atoms with Gasteiger partial charge < -0.3 is 24.1 Å². The normalized spacial score (nSPS) is 14.1. The van der Waals surface area contributed by atoms with Crippen molar-refractivity contribution < 1.29 is 24.1 Å². The van der Waals surface area contributed by atoms with Crippen LogP contribution in [-0.4, -0.2) is 18.7 Å². The molecule has 0 radical (unpaired) electrons. The summed E-state index contributed by atoms with van der Waals surface area (Å²) in [5, 5.41) is 12.7. The first kappa shape index (κ1) is 25.4. The number of carbonyl (C=O) groups excluding carboxylic acids is 1. The first-order valence-electron chi connectivity index (χ1n) is 11.1. The Bertz CT molecular complexity index is 1090. The van der Waals surface area contributed by atoms with Gasteiger partial charge in [0.25, 0.3) is 0 Å². The number of halogens is 1. The lowest BCUT2D eigenvalue weighted by Crippen LogP contribution is -2.47. The fourth-order valence-electron chi connectivity index (χ4n) is 3.34. The zero-order chi connectivity index (χ0) is 24.9. The number of hydrogen-bond acceptors (Lipinski definition) is 5. The Kier molecular flexibility index (Phi) is 7.78. The molecule has 0 amide bonds. The molecule has 0 aliphatic rings. The second kappa shape index (κ2) is 10.4. The molecule has 2 unspecified atom stereocenters. The monoisotopic (exact) mass is 481 g/mol. The summed E-state index contributed by atoms with van der Waals surface area (Å²) in [7, 11) is 0. The summed E-state index contributed by atoms with van der Waals surface area (Å²) in [6.45, 7) is 10.1. The Morgan fingerprint density at radius 2 is 1.32 bits per heavy atom. The predicted octanol–water partition coefficient (Wildman–Crippen LogP) is 5.53. The highest BCUT2D eigenvalue weighted by atomic mass is 35.5. The molecule has 0 saturated heterocycles. The quantitative estimate of drug-likeness (QED) is 0.402. The van der Waals surface area contributed by atoms with Crippen LogP contribution in [0.5, 0.6) is 17.2 Å². The molecule has 3 rings (SSSR count). The van der Waals surface area contributed by atoms with Gasteiger partial charge in [0.05, 0.1) is 5.97 Å². The Morgan fingerprint density at radius 3 is 1.85 bits per heavy atom. The molecule has 3 aromatic carbocycles. The lowest BCUT2D eigenvalue weighted by Gasteiger charge is -2.32. The van der Waals surface area contributed by atoms with Gasteiger partial charge in [0.2, 0.25) is 0 Å². The van der Waals surface area contributed by atoms with Crippen molar-refractivity contribution in [3.05, 3.63) is 88.9 Å². The van der Waals surface area contributed by atoms with E-state index < -0.39 is 11.6 Å². The molecule has 0 saturated carbocycles. The molecule has 0 heterocycles. The third-order valence-corrected chi connectivity index (χ3v) is 5.72. The van der Waals surface area contributed by atoms with E-state index in [-0.39, 0.29) is 11.5 Å². The van der Waals surface area contributed by atoms with Gasteiger partial charge in [-0.05, 0) is 73.4 Å². The summed E-state index contributed by atoms with van der Waals surface area (Å²) in [5.41, 5.74) is -0.0934. The average Bonchev–Trinajstić information content (AvgIpc) is 2.79. The molecule has 0 N–H and O–H groups in total. The summed E-state index contributed by atoms with van der Waals surface area (Å²) in [5.74, 6) is 0.414. The highest BCUT2D eigenvalue weighted by Gasteiger charge is 2.31. The Hall–Kier alpha value is -3.18. The van der Waals surface area contributed by atoms with Crippen molar-refractivity contribution in [3.63, 3.8) is 0 Å². The second-order valence-electron chi connectivity index (χ2n) is 9.41. The zero-order valence-corrected chi connectivity index (χ0v) is 20.9. The summed E-state index contributed by atoms with van der Waals surface area (Å²) < 4.78 is 17.5. The van der Waals surface area contributed by atoms with Crippen LogP contribution in [0.3, 0.4) is 0 Å². The van der Waals surface area contributed by atoms with Gasteiger partial charge >= 0.3 is 0 Å². The van der Waals surface area contributed by atoms with E-state index in [4.69, 9.17) is 25.8 Å². The average molecular weight is 482 g/mol. The summed E-state index contributed by atoms with van der Waals surface area (Å²) >= 11 is 5.88. The summed E-state index contributed by atoms with van der Waals surface area (Å²) in [6.07, 6.45) is -0.230. The molecule has 0 fully saturated rings. The zero-order valence-electron chi connectivity index (χ0n) is 20.1. The number of hydrogen-bond donors (Lipinski definition) is 0. The van der Waals surface area contributed by atoms with E-state index in [2.05, 4.69) is 20.8 Å². The van der Waals surface area contributed by atoms with E-state index in [9.17, 15) is 9.90 Å². The van der Waals surface area contributed by atoms with E-state index in [1.54, 1.807) is 60.7 Å². The van der Waals surface area contributed by atoms with Crippen molar-refractivity contribution in [1.29, 1.82) is 0 Å². The van der Waals surface area contributed by atoms with Gasteiger partial charge in [-0.3, -0.25) is 0 Å². The maximum Gasteiger partial charge on any atom is 0.170 e. The van der Waals surface area contributed by atoms with E-state index in [0.29, 0.717) is 34.4 Å². The van der Waals surface area contributed by atoms with E-state index in [0.717, 1.165) is 5.56 Å². The molecule has 180 valence electrons. The first-order valence-corrected chi connectivity index (χ1v) is 11.5. The SMILES string of the molecule is CC(COc1ccc(Cl)cc1)Oc1ccc(C(C)(Oc2ccc(C(C)(C)C)cc2)C(=O)[O-])cc1. The van der Waals surface area contributed by atoms with Gasteiger partial charge in [0, 0.05) is 10.6 Å². The molecule has 2 atom stereocenters. The van der Waals surface area contributed by atoms with Crippen LogP contribution in [-0.2, 0) is 15.8 Å². The van der Waals surface area contributed by atoms with Gasteiger partial charge in [-0.25, -0.2) is 0 Å². The maximum absolute atomic E-state index is 12.1. The largest absolute Gasteiger partial charge is 0.545 e. The highest BCUT2D eigenvalue weighted by Crippen LogP contribution is 2.31. The van der Waals surface area contributed by atoms with Crippen molar-refractivity contribution in [2.45, 2.75) is 51.7 Å². The first-order chi connectivity index (χ1) is 16.0. The minimum atomic E-state index is -1.66. The van der Waals surface area contributed by atoms with Gasteiger partial charge in [-0.2, -0.15) is 0 Å². The van der Waals surface area contributed by atoms with E-state index >= 15 is 0 Å². The smallest absolute Gasteiger partial charge is 0.170 e. The Labute approximate surface area is 206 Å². The molecule has 5 nitrogen and oxygen atoms in total. The van der Waals surface area contributed by atoms with Gasteiger partial charge in [-0.1, -0.05) is 56.6 Å². The molecular weight excluding hydrogens is 452 g/mol. The number of benzene rings is 3. The molecule has 0 aliphatic heterocycles. The standard InChI is InChI=1S/C28H31ClO5/c1-19(18-32-23-16-10-22(29)11-17-23)33-24-12-8-21(9-13-24)28(5,26(30)31)34-25-14-6-20(7-15-25)27(2,3)4/h6-17,19H,18H2,1-5H3,(H,30,31)/p-1.